The van der Waals surface area contributed by atoms with Crippen molar-refractivity contribution in [1.82, 2.24) is 0 Å². The van der Waals surface area contributed by atoms with Crippen molar-refractivity contribution in [1.29, 1.82) is 0 Å². The lowest BCUT2D eigenvalue weighted by molar-refractivity contribution is 0.516. The van der Waals surface area contributed by atoms with Crippen LogP contribution in [0.3, 0.4) is 0 Å². The van der Waals surface area contributed by atoms with E-state index in [1.165, 1.54) is 0 Å². The molecule has 1 aliphatic rings. The lowest BCUT2D eigenvalue weighted by Gasteiger charge is -2.29. The van der Waals surface area contributed by atoms with Gasteiger partial charge >= 0.3 is 0 Å². The molecule has 28 heavy (non-hydrogen) atoms. The number of nitrogens with zero attached hydrogens (tertiary/aromatic N) is 2. The highest BCUT2D eigenvalue weighted by atomic mass is 35.5. The molecule has 1 atom stereocenters. The van der Waals surface area contributed by atoms with Crippen molar-refractivity contribution in [2.24, 2.45) is 4.40 Å². The minimum atomic E-state index is -1.39. The van der Waals surface area contributed by atoms with Crippen molar-refractivity contribution in [2.75, 3.05) is 18.0 Å². The molecule has 5 nitrogen and oxygen atoms in total. The SMILES string of the molecule is CC(=N[S@](=O)C(C)(C)C)c1cc(C)cc2c(=O)cc(N3CCC(Cl)CC3)oc12. The van der Waals surface area contributed by atoms with E-state index in [2.05, 4.69) is 9.30 Å². The Morgan fingerprint density at radius 2 is 1.89 bits per heavy atom. The van der Waals surface area contributed by atoms with E-state index in [0.717, 1.165) is 31.5 Å². The average Bonchev–Trinajstić information content (AvgIpc) is 2.61. The van der Waals surface area contributed by atoms with Crippen LogP contribution < -0.4 is 10.3 Å². The van der Waals surface area contributed by atoms with Gasteiger partial charge in [0.2, 0.25) is 0 Å². The maximum atomic E-state index is 12.8. The second-order valence-electron chi connectivity index (χ2n) is 8.34. The molecule has 1 aromatic heterocycles. The third-order valence-electron chi connectivity index (χ3n) is 4.83. The fraction of sp³-hybridized carbons (Fsp3) is 0.524. The summed E-state index contributed by atoms with van der Waals surface area (Å²) in [5, 5.41) is 0.686. The number of hydrogen-bond donors (Lipinski definition) is 0. The molecule has 0 saturated carbocycles. The molecule has 1 fully saturated rings. The molecule has 0 bridgehead atoms. The second kappa shape index (κ2) is 7.99. The predicted octanol–water partition coefficient (Wildman–Crippen LogP) is 4.58. The zero-order valence-corrected chi connectivity index (χ0v) is 18.6. The van der Waals surface area contributed by atoms with Crippen LogP contribution in [0.1, 0.15) is 51.7 Å². The van der Waals surface area contributed by atoms with Crippen molar-refractivity contribution in [2.45, 2.75) is 57.6 Å². The lowest BCUT2D eigenvalue weighted by atomic mass is 10.0. The summed E-state index contributed by atoms with van der Waals surface area (Å²) in [4.78, 5) is 14.9. The third-order valence-corrected chi connectivity index (χ3v) is 6.75. The van der Waals surface area contributed by atoms with E-state index >= 15 is 0 Å². The van der Waals surface area contributed by atoms with Gasteiger partial charge in [-0.15, -0.1) is 11.6 Å². The van der Waals surface area contributed by atoms with Crippen LogP contribution in [-0.2, 0) is 11.0 Å². The van der Waals surface area contributed by atoms with Crippen LogP contribution in [0.4, 0.5) is 5.88 Å². The number of alkyl halides is 1. The van der Waals surface area contributed by atoms with Gasteiger partial charge in [0.25, 0.3) is 0 Å². The first-order chi connectivity index (χ1) is 13.1. The summed E-state index contributed by atoms with van der Waals surface area (Å²) < 4.78 is 22.6. The quantitative estimate of drug-likeness (QED) is 0.536. The standard InChI is InChI=1S/C21H27ClN2O3S/c1-13-10-16(14(2)23-28(26)21(3,4)5)20-17(11-13)18(25)12-19(27-20)24-8-6-15(22)7-9-24/h10-12,15H,6-9H2,1-5H3/t28-/m1/s1. The number of piperidine rings is 1. The number of halogens is 1. The van der Waals surface area contributed by atoms with Gasteiger partial charge in [0.1, 0.15) is 16.6 Å². The van der Waals surface area contributed by atoms with Crippen molar-refractivity contribution < 1.29 is 8.63 Å². The first-order valence-electron chi connectivity index (χ1n) is 9.51. The number of aryl methyl sites for hydroxylation is 1. The number of benzene rings is 1. The van der Waals surface area contributed by atoms with Crippen molar-refractivity contribution in [3.05, 3.63) is 39.5 Å². The van der Waals surface area contributed by atoms with Crippen LogP contribution >= 0.6 is 11.6 Å². The van der Waals surface area contributed by atoms with Crippen LogP contribution in [0, 0.1) is 6.92 Å². The largest absolute Gasteiger partial charge is 0.440 e. The molecule has 0 spiro atoms. The molecule has 0 N–H and O–H groups in total. The molecule has 1 aliphatic heterocycles. The van der Waals surface area contributed by atoms with Gasteiger partial charge in [0.15, 0.2) is 11.3 Å². The Morgan fingerprint density at radius 1 is 1.25 bits per heavy atom. The predicted molar refractivity (Wildman–Crippen MR) is 118 cm³/mol. The first kappa shape index (κ1) is 21.1. The number of hydrogen-bond acceptors (Lipinski definition) is 4. The van der Waals surface area contributed by atoms with Gasteiger partial charge in [-0.3, -0.25) is 4.79 Å². The number of rotatable bonds is 3. The maximum absolute atomic E-state index is 12.8. The van der Waals surface area contributed by atoms with Gasteiger partial charge in [-0.1, -0.05) is 0 Å². The zero-order valence-electron chi connectivity index (χ0n) is 17.0. The van der Waals surface area contributed by atoms with Crippen molar-refractivity contribution in [3.63, 3.8) is 0 Å². The smallest absolute Gasteiger partial charge is 0.200 e. The monoisotopic (exact) mass is 422 g/mol. The van der Waals surface area contributed by atoms with E-state index in [9.17, 15) is 9.00 Å². The van der Waals surface area contributed by atoms with Crippen LogP contribution in [0.2, 0.25) is 0 Å². The summed E-state index contributed by atoms with van der Waals surface area (Å²) in [6.07, 6.45) is 1.71. The molecule has 3 rings (SSSR count). The number of anilines is 1. The van der Waals surface area contributed by atoms with Crippen LogP contribution in [0.15, 0.2) is 31.8 Å². The molecule has 7 heteroatoms. The Bertz CT molecular complexity index is 999. The van der Waals surface area contributed by atoms with E-state index in [1.54, 1.807) is 6.07 Å². The Balaban J connectivity index is 2.13. The van der Waals surface area contributed by atoms with E-state index in [-0.39, 0.29) is 10.8 Å². The molecular formula is C21H27ClN2O3S. The van der Waals surface area contributed by atoms with Crippen LogP contribution in [0.5, 0.6) is 0 Å². The van der Waals surface area contributed by atoms with Gasteiger partial charge in [-0.2, -0.15) is 4.40 Å². The Morgan fingerprint density at radius 3 is 2.50 bits per heavy atom. The molecule has 152 valence electrons. The highest BCUT2D eigenvalue weighted by Gasteiger charge is 2.23. The average molecular weight is 423 g/mol. The Hall–Kier alpha value is -1.66. The van der Waals surface area contributed by atoms with Gasteiger partial charge in [-0.25, -0.2) is 4.21 Å². The Kier molecular flexibility index (Phi) is 6.01. The second-order valence-corrected chi connectivity index (χ2v) is 10.9. The molecule has 1 saturated heterocycles. The van der Waals surface area contributed by atoms with Gasteiger partial charge < -0.3 is 9.32 Å². The molecular weight excluding hydrogens is 396 g/mol. The molecule has 2 heterocycles. The van der Waals surface area contributed by atoms with E-state index in [0.29, 0.717) is 28.1 Å². The summed E-state index contributed by atoms with van der Waals surface area (Å²) in [5.41, 5.74) is 2.65. The maximum Gasteiger partial charge on any atom is 0.200 e. The third kappa shape index (κ3) is 4.49. The van der Waals surface area contributed by atoms with Gasteiger partial charge in [0.05, 0.1) is 15.8 Å². The van der Waals surface area contributed by atoms with Gasteiger partial charge in [-0.05, 0) is 65.2 Å². The summed E-state index contributed by atoms with van der Waals surface area (Å²) in [6.45, 7) is 10.9. The molecule has 1 aromatic carbocycles. The first-order valence-corrected chi connectivity index (χ1v) is 11.1. The van der Waals surface area contributed by atoms with Crippen molar-refractivity contribution >= 4 is 45.2 Å². The molecule has 0 aliphatic carbocycles. The normalized spacial score (nSPS) is 17.9. The topological polar surface area (TPSA) is 62.9 Å². The minimum absolute atomic E-state index is 0.0843. The summed E-state index contributed by atoms with van der Waals surface area (Å²) in [5.74, 6) is 0.552. The molecule has 0 radical (unpaired) electrons. The fourth-order valence-corrected chi connectivity index (χ4v) is 4.01. The fourth-order valence-electron chi connectivity index (χ4n) is 3.19. The summed E-state index contributed by atoms with van der Waals surface area (Å²) in [6, 6.07) is 5.31. The van der Waals surface area contributed by atoms with E-state index in [4.69, 9.17) is 16.0 Å². The minimum Gasteiger partial charge on any atom is -0.440 e. The van der Waals surface area contributed by atoms with E-state index < -0.39 is 15.7 Å². The van der Waals surface area contributed by atoms with Crippen LogP contribution in [-0.4, -0.2) is 33.1 Å². The zero-order chi connectivity index (χ0) is 20.6. The lowest BCUT2D eigenvalue weighted by Crippen LogP contribution is -2.34. The van der Waals surface area contributed by atoms with Gasteiger partial charge in [0, 0.05) is 30.1 Å². The highest BCUT2D eigenvalue weighted by Crippen LogP contribution is 2.27. The number of fused-ring (bicyclic) bond motifs is 1. The summed E-state index contributed by atoms with van der Waals surface area (Å²) >= 11 is 6.20. The molecule has 0 unspecified atom stereocenters. The molecule has 0 amide bonds. The molecule has 2 aromatic rings. The van der Waals surface area contributed by atoms with E-state index in [1.807, 2.05) is 46.8 Å². The van der Waals surface area contributed by atoms with Crippen molar-refractivity contribution in [3.8, 4) is 0 Å². The summed E-state index contributed by atoms with van der Waals surface area (Å²) in [7, 11) is -1.39. The highest BCUT2D eigenvalue weighted by molar-refractivity contribution is 7.85. The van der Waals surface area contributed by atoms with Crippen LogP contribution in [0.25, 0.3) is 11.0 Å². The Labute approximate surface area is 173 Å².